The van der Waals surface area contributed by atoms with Crippen LogP contribution in [0, 0.1) is 11.6 Å². The average Bonchev–Trinajstić information content (AvgIpc) is 2.85. The molecule has 2 heterocycles. The molecule has 0 bridgehead atoms. The fourth-order valence-electron chi connectivity index (χ4n) is 2.18. The smallest absolute Gasteiger partial charge is 0.161 e. The first-order valence-corrected chi connectivity index (χ1v) is 6.21. The molecule has 0 aliphatic carbocycles. The highest BCUT2D eigenvalue weighted by molar-refractivity contribution is 5.88. The zero-order valence-electron chi connectivity index (χ0n) is 10.6. The molecule has 2 N–H and O–H groups in total. The monoisotopic (exact) mass is 281 g/mol. The standard InChI is InChI=1S/C13H13F2N3O2/c14-9-3-8-11(4-10(9)15)17-7-18-12(8)16-5-13(19)1-2-20-6-13/h3-4,7,19H,1-2,5-6H2,(H,16,17,18)/t13-/m1/s1. The molecule has 106 valence electrons. The topological polar surface area (TPSA) is 67.3 Å². The second kappa shape index (κ2) is 4.92. The van der Waals surface area contributed by atoms with Crippen molar-refractivity contribution in [3.63, 3.8) is 0 Å². The number of rotatable bonds is 3. The lowest BCUT2D eigenvalue weighted by Crippen LogP contribution is -2.37. The van der Waals surface area contributed by atoms with Gasteiger partial charge in [-0.05, 0) is 6.07 Å². The first kappa shape index (κ1) is 13.1. The number of ether oxygens (including phenoxy) is 1. The number of benzene rings is 1. The number of nitrogens with zero attached hydrogens (tertiary/aromatic N) is 2. The molecule has 3 rings (SSSR count). The summed E-state index contributed by atoms with van der Waals surface area (Å²) in [6, 6.07) is 2.06. The highest BCUT2D eigenvalue weighted by atomic mass is 19.2. The van der Waals surface area contributed by atoms with Crippen molar-refractivity contribution in [2.45, 2.75) is 12.0 Å². The molecular weight excluding hydrogens is 268 g/mol. The van der Waals surface area contributed by atoms with Crippen molar-refractivity contribution in [3.05, 3.63) is 30.1 Å². The third kappa shape index (κ3) is 2.41. The van der Waals surface area contributed by atoms with Gasteiger partial charge in [-0.3, -0.25) is 0 Å². The van der Waals surface area contributed by atoms with Gasteiger partial charge in [-0.2, -0.15) is 0 Å². The number of hydrogen-bond donors (Lipinski definition) is 2. The number of halogens is 2. The maximum absolute atomic E-state index is 13.3. The lowest BCUT2D eigenvalue weighted by atomic mass is 10.0. The molecule has 1 saturated heterocycles. The van der Waals surface area contributed by atoms with E-state index >= 15 is 0 Å². The molecule has 1 aliphatic heterocycles. The fraction of sp³-hybridized carbons (Fsp3) is 0.385. The third-order valence-corrected chi connectivity index (χ3v) is 3.34. The van der Waals surface area contributed by atoms with Crippen molar-refractivity contribution in [2.24, 2.45) is 0 Å². The quantitative estimate of drug-likeness (QED) is 0.892. The van der Waals surface area contributed by atoms with Crippen LogP contribution in [0.3, 0.4) is 0 Å². The molecule has 1 aromatic heterocycles. The fourth-order valence-corrected chi connectivity index (χ4v) is 2.18. The third-order valence-electron chi connectivity index (χ3n) is 3.34. The molecule has 1 atom stereocenters. The molecule has 1 aromatic carbocycles. The molecule has 1 aliphatic rings. The zero-order valence-corrected chi connectivity index (χ0v) is 10.6. The number of aliphatic hydroxyl groups is 1. The van der Waals surface area contributed by atoms with Crippen molar-refractivity contribution < 1.29 is 18.6 Å². The van der Waals surface area contributed by atoms with E-state index in [2.05, 4.69) is 15.3 Å². The van der Waals surface area contributed by atoms with Crippen molar-refractivity contribution in [1.82, 2.24) is 9.97 Å². The summed E-state index contributed by atoms with van der Waals surface area (Å²) < 4.78 is 31.6. The Hall–Kier alpha value is -1.86. The molecule has 20 heavy (non-hydrogen) atoms. The average molecular weight is 281 g/mol. The minimum atomic E-state index is -0.962. The van der Waals surface area contributed by atoms with Crippen LogP contribution in [-0.4, -0.2) is 40.4 Å². The number of fused-ring (bicyclic) bond motifs is 1. The Bertz CT molecular complexity index is 645. The van der Waals surface area contributed by atoms with Crippen LogP contribution in [0.4, 0.5) is 14.6 Å². The van der Waals surface area contributed by atoms with Crippen molar-refractivity contribution >= 4 is 16.7 Å². The summed E-state index contributed by atoms with van der Waals surface area (Å²) in [7, 11) is 0. The summed E-state index contributed by atoms with van der Waals surface area (Å²) >= 11 is 0. The van der Waals surface area contributed by atoms with Crippen LogP contribution in [0.2, 0.25) is 0 Å². The lowest BCUT2D eigenvalue weighted by Gasteiger charge is -2.21. The van der Waals surface area contributed by atoms with E-state index in [1.165, 1.54) is 6.33 Å². The van der Waals surface area contributed by atoms with E-state index in [-0.39, 0.29) is 13.2 Å². The Labute approximate surface area is 113 Å². The van der Waals surface area contributed by atoms with Crippen LogP contribution in [0.15, 0.2) is 18.5 Å². The van der Waals surface area contributed by atoms with Gasteiger partial charge in [0.25, 0.3) is 0 Å². The number of hydrogen-bond acceptors (Lipinski definition) is 5. The summed E-state index contributed by atoms with van der Waals surface area (Å²) in [5, 5.41) is 13.5. The lowest BCUT2D eigenvalue weighted by molar-refractivity contribution is 0.0381. The van der Waals surface area contributed by atoms with E-state index in [0.29, 0.717) is 29.7 Å². The van der Waals surface area contributed by atoms with Gasteiger partial charge in [-0.15, -0.1) is 0 Å². The van der Waals surface area contributed by atoms with Gasteiger partial charge in [0, 0.05) is 31.0 Å². The van der Waals surface area contributed by atoms with Gasteiger partial charge in [-0.1, -0.05) is 0 Å². The molecule has 0 unspecified atom stereocenters. The van der Waals surface area contributed by atoms with Gasteiger partial charge >= 0.3 is 0 Å². The van der Waals surface area contributed by atoms with Crippen molar-refractivity contribution in [2.75, 3.05) is 25.1 Å². The Balaban J connectivity index is 1.89. The largest absolute Gasteiger partial charge is 0.386 e. The Morgan fingerprint density at radius 1 is 1.30 bits per heavy atom. The molecular formula is C13H13F2N3O2. The number of anilines is 1. The van der Waals surface area contributed by atoms with Crippen LogP contribution >= 0.6 is 0 Å². The van der Waals surface area contributed by atoms with Crippen molar-refractivity contribution in [1.29, 1.82) is 0 Å². The molecule has 5 nitrogen and oxygen atoms in total. The summed E-state index contributed by atoms with van der Waals surface area (Å²) in [5.74, 6) is -1.56. The summed E-state index contributed by atoms with van der Waals surface area (Å²) in [6.45, 7) is 0.965. The Morgan fingerprint density at radius 2 is 2.10 bits per heavy atom. The van der Waals surface area contributed by atoms with Gasteiger partial charge in [0.15, 0.2) is 11.6 Å². The molecule has 7 heteroatoms. The maximum Gasteiger partial charge on any atom is 0.161 e. The highest BCUT2D eigenvalue weighted by Crippen LogP contribution is 2.24. The summed E-state index contributed by atoms with van der Waals surface area (Å²) in [4.78, 5) is 7.90. The van der Waals surface area contributed by atoms with Crippen LogP contribution in [-0.2, 0) is 4.74 Å². The number of nitrogens with one attached hydrogen (secondary N) is 1. The first-order valence-electron chi connectivity index (χ1n) is 6.21. The van der Waals surface area contributed by atoms with E-state index in [0.717, 1.165) is 12.1 Å². The molecule has 0 amide bonds. The minimum Gasteiger partial charge on any atom is -0.386 e. The van der Waals surface area contributed by atoms with E-state index < -0.39 is 17.2 Å². The van der Waals surface area contributed by atoms with Crippen LogP contribution in [0.25, 0.3) is 10.9 Å². The maximum atomic E-state index is 13.3. The van der Waals surface area contributed by atoms with Gasteiger partial charge in [-0.25, -0.2) is 18.7 Å². The molecule has 1 fully saturated rings. The second-order valence-electron chi connectivity index (χ2n) is 4.89. The Morgan fingerprint density at radius 3 is 2.85 bits per heavy atom. The predicted molar refractivity (Wildman–Crippen MR) is 68.3 cm³/mol. The van der Waals surface area contributed by atoms with E-state index in [4.69, 9.17) is 4.74 Å². The van der Waals surface area contributed by atoms with Crippen LogP contribution < -0.4 is 5.32 Å². The van der Waals surface area contributed by atoms with Gasteiger partial charge < -0.3 is 15.2 Å². The van der Waals surface area contributed by atoms with Crippen molar-refractivity contribution in [3.8, 4) is 0 Å². The van der Waals surface area contributed by atoms with Gasteiger partial charge in [0.1, 0.15) is 17.7 Å². The summed E-state index contributed by atoms with van der Waals surface area (Å²) in [6.07, 6.45) is 1.78. The highest BCUT2D eigenvalue weighted by Gasteiger charge is 2.32. The second-order valence-corrected chi connectivity index (χ2v) is 4.89. The molecule has 2 aromatic rings. The van der Waals surface area contributed by atoms with Crippen LogP contribution in [0.1, 0.15) is 6.42 Å². The Kier molecular flexibility index (Phi) is 3.23. The van der Waals surface area contributed by atoms with E-state index in [1.807, 2.05) is 0 Å². The van der Waals surface area contributed by atoms with Gasteiger partial charge in [0.05, 0.1) is 12.1 Å². The first-order chi connectivity index (χ1) is 9.57. The molecule has 0 spiro atoms. The molecule has 0 saturated carbocycles. The minimum absolute atomic E-state index is 0.220. The van der Waals surface area contributed by atoms with E-state index in [9.17, 15) is 13.9 Å². The number of aromatic nitrogens is 2. The molecule has 0 radical (unpaired) electrons. The zero-order chi connectivity index (χ0) is 14.2. The van der Waals surface area contributed by atoms with Crippen LogP contribution in [0.5, 0.6) is 0 Å². The normalized spacial score (nSPS) is 22.4. The van der Waals surface area contributed by atoms with E-state index in [1.54, 1.807) is 0 Å². The SMILES string of the molecule is O[C@@]1(CNc2ncnc3cc(F)c(F)cc23)CCOC1. The predicted octanol–water partition coefficient (Wildman–Crippen LogP) is 1.47. The van der Waals surface area contributed by atoms with Gasteiger partial charge in [0.2, 0.25) is 0 Å². The summed E-state index contributed by atoms with van der Waals surface area (Å²) in [5.41, 5.74) is -0.661.